The molecule has 1 saturated heterocycles. The number of hydrogen-bond acceptors (Lipinski definition) is 7. The quantitative estimate of drug-likeness (QED) is 0.550. The zero-order valence-corrected chi connectivity index (χ0v) is 18.7. The van der Waals surface area contributed by atoms with Gasteiger partial charge in [-0.2, -0.15) is 4.98 Å². The largest absolute Gasteiger partial charge is 0.389 e. The zero-order valence-electron chi connectivity index (χ0n) is 18.7. The third-order valence-corrected chi connectivity index (χ3v) is 5.69. The summed E-state index contributed by atoms with van der Waals surface area (Å²) in [4.78, 5) is 36.2. The van der Waals surface area contributed by atoms with Crippen molar-refractivity contribution in [2.24, 2.45) is 7.05 Å². The summed E-state index contributed by atoms with van der Waals surface area (Å²) < 4.78 is 8.58. The lowest BCUT2D eigenvalue weighted by Gasteiger charge is -2.36. The standard InChI is InChI=1S/C22H30N6O4/c1-15(2)32-14-17(29)13-28-18-19(25(3)22(31)24-20(18)30)23-21(28)27-11-9-26(10-12-27)16-7-5-4-6-8-16/h4-8,15,17,29H,9-14H2,1-3H3,(H,24,30,31)/t17-/m0/s1. The highest BCUT2D eigenvalue weighted by Crippen LogP contribution is 2.23. The molecule has 0 spiro atoms. The molecule has 3 aromatic rings. The summed E-state index contributed by atoms with van der Waals surface area (Å²) in [5.41, 5.74) is 0.714. The van der Waals surface area contributed by atoms with Gasteiger partial charge in [-0.25, -0.2) is 4.79 Å². The van der Waals surface area contributed by atoms with E-state index in [9.17, 15) is 14.7 Å². The monoisotopic (exact) mass is 442 g/mol. The highest BCUT2D eigenvalue weighted by Gasteiger charge is 2.26. The molecule has 32 heavy (non-hydrogen) atoms. The number of nitrogens with one attached hydrogen (secondary N) is 1. The van der Waals surface area contributed by atoms with Crippen molar-refractivity contribution in [1.82, 2.24) is 19.1 Å². The van der Waals surface area contributed by atoms with Crippen LogP contribution in [0.1, 0.15) is 13.8 Å². The van der Waals surface area contributed by atoms with Gasteiger partial charge in [-0.3, -0.25) is 14.3 Å². The number of aryl methyl sites for hydroxylation is 1. The van der Waals surface area contributed by atoms with Gasteiger partial charge < -0.3 is 24.2 Å². The lowest BCUT2D eigenvalue weighted by Crippen LogP contribution is -2.47. The van der Waals surface area contributed by atoms with Crippen molar-refractivity contribution < 1.29 is 9.84 Å². The molecule has 0 bridgehead atoms. The van der Waals surface area contributed by atoms with Crippen molar-refractivity contribution in [1.29, 1.82) is 0 Å². The van der Waals surface area contributed by atoms with Crippen LogP contribution in [0, 0.1) is 0 Å². The van der Waals surface area contributed by atoms with E-state index in [-0.39, 0.29) is 24.8 Å². The Hall–Kier alpha value is -3.11. The average Bonchev–Trinajstić information content (AvgIpc) is 3.16. The Labute approximate surface area is 185 Å². The number of anilines is 2. The molecule has 1 aliphatic rings. The van der Waals surface area contributed by atoms with Crippen molar-refractivity contribution in [3.63, 3.8) is 0 Å². The van der Waals surface area contributed by atoms with Gasteiger partial charge in [0.25, 0.3) is 5.56 Å². The molecule has 3 heterocycles. The molecule has 2 aromatic heterocycles. The number of piperazine rings is 1. The maximum Gasteiger partial charge on any atom is 0.329 e. The van der Waals surface area contributed by atoms with E-state index in [2.05, 4.69) is 31.9 Å². The Kier molecular flexibility index (Phi) is 6.33. The molecule has 1 aliphatic heterocycles. The number of H-pyrrole nitrogens is 1. The van der Waals surface area contributed by atoms with Crippen LogP contribution in [0.25, 0.3) is 11.2 Å². The Balaban J connectivity index is 1.66. The van der Waals surface area contributed by atoms with Gasteiger partial charge in [0, 0.05) is 38.9 Å². The molecule has 0 aliphatic carbocycles. The maximum absolute atomic E-state index is 12.7. The molecule has 10 nitrogen and oxygen atoms in total. The van der Waals surface area contributed by atoms with E-state index in [0.717, 1.165) is 13.1 Å². The van der Waals surface area contributed by atoms with E-state index >= 15 is 0 Å². The number of imidazole rings is 1. The number of aromatic nitrogens is 4. The van der Waals surface area contributed by atoms with Crippen molar-refractivity contribution in [2.75, 3.05) is 42.6 Å². The first-order chi connectivity index (χ1) is 15.3. The van der Waals surface area contributed by atoms with Crippen LogP contribution >= 0.6 is 0 Å². The van der Waals surface area contributed by atoms with Crippen LogP contribution in [0.4, 0.5) is 11.6 Å². The first-order valence-electron chi connectivity index (χ1n) is 10.9. The van der Waals surface area contributed by atoms with Crippen LogP contribution in [0.3, 0.4) is 0 Å². The van der Waals surface area contributed by atoms with E-state index in [0.29, 0.717) is 24.7 Å². The summed E-state index contributed by atoms with van der Waals surface area (Å²) >= 11 is 0. The summed E-state index contributed by atoms with van der Waals surface area (Å²) in [6, 6.07) is 10.2. The van der Waals surface area contributed by atoms with Gasteiger partial charge in [-0.05, 0) is 26.0 Å². The molecule has 1 aromatic carbocycles. The van der Waals surface area contributed by atoms with Crippen LogP contribution in [-0.2, 0) is 18.3 Å². The summed E-state index contributed by atoms with van der Waals surface area (Å²) in [6.07, 6.45) is -0.838. The third-order valence-electron chi connectivity index (χ3n) is 5.69. The second kappa shape index (κ2) is 9.17. The fourth-order valence-electron chi connectivity index (χ4n) is 4.01. The van der Waals surface area contributed by atoms with Crippen LogP contribution in [0.5, 0.6) is 0 Å². The fraction of sp³-hybridized carbons (Fsp3) is 0.500. The molecular formula is C22H30N6O4. The molecular weight excluding hydrogens is 412 g/mol. The Morgan fingerprint density at radius 1 is 1.09 bits per heavy atom. The number of ether oxygens (including phenoxy) is 1. The molecule has 172 valence electrons. The topological polar surface area (TPSA) is 109 Å². The second-order valence-corrected chi connectivity index (χ2v) is 8.36. The number of aromatic amines is 1. The van der Waals surface area contributed by atoms with Crippen LogP contribution < -0.4 is 21.0 Å². The smallest absolute Gasteiger partial charge is 0.329 e. The predicted molar refractivity (Wildman–Crippen MR) is 124 cm³/mol. The minimum atomic E-state index is -0.823. The molecule has 0 radical (unpaired) electrons. The first kappa shape index (κ1) is 22.1. The van der Waals surface area contributed by atoms with Gasteiger partial charge in [-0.1, -0.05) is 18.2 Å². The summed E-state index contributed by atoms with van der Waals surface area (Å²) in [6.45, 7) is 7.06. The Morgan fingerprint density at radius 2 is 1.75 bits per heavy atom. The lowest BCUT2D eigenvalue weighted by atomic mass is 10.2. The second-order valence-electron chi connectivity index (χ2n) is 8.36. The number of aliphatic hydroxyl groups excluding tert-OH is 1. The highest BCUT2D eigenvalue weighted by molar-refractivity contribution is 5.74. The van der Waals surface area contributed by atoms with Gasteiger partial charge in [0.15, 0.2) is 11.2 Å². The van der Waals surface area contributed by atoms with Crippen LogP contribution in [0.15, 0.2) is 39.9 Å². The average molecular weight is 443 g/mol. The summed E-state index contributed by atoms with van der Waals surface area (Å²) in [7, 11) is 1.58. The number of benzene rings is 1. The van der Waals surface area contributed by atoms with Gasteiger partial charge in [-0.15, -0.1) is 0 Å². The van der Waals surface area contributed by atoms with E-state index < -0.39 is 17.4 Å². The normalized spacial score (nSPS) is 15.7. The number of nitrogens with zero attached hydrogens (tertiary/aromatic N) is 5. The van der Waals surface area contributed by atoms with Gasteiger partial charge in [0.1, 0.15) is 0 Å². The number of rotatable bonds is 7. The summed E-state index contributed by atoms with van der Waals surface area (Å²) in [5, 5.41) is 10.6. The number of fused-ring (bicyclic) bond motifs is 1. The molecule has 0 unspecified atom stereocenters. The van der Waals surface area contributed by atoms with Crippen molar-refractivity contribution in [3.8, 4) is 0 Å². The van der Waals surface area contributed by atoms with Crippen molar-refractivity contribution in [2.45, 2.75) is 32.6 Å². The van der Waals surface area contributed by atoms with Gasteiger partial charge >= 0.3 is 5.69 Å². The minimum Gasteiger partial charge on any atom is -0.389 e. The molecule has 4 rings (SSSR count). The molecule has 0 amide bonds. The predicted octanol–water partition coefficient (Wildman–Crippen LogP) is 0.536. The molecule has 1 atom stereocenters. The van der Waals surface area contributed by atoms with E-state index in [1.165, 1.54) is 10.3 Å². The molecule has 0 saturated carbocycles. The molecule has 2 N–H and O–H groups in total. The number of aliphatic hydroxyl groups is 1. The van der Waals surface area contributed by atoms with E-state index in [1.807, 2.05) is 32.0 Å². The molecule has 1 fully saturated rings. The lowest BCUT2D eigenvalue weighted by molar-refractivity contribution is -0.000180. The Bertz CT molecular complexity index is 1170. The number of hydrogen-bond donors (Lipinski definition) is 2. The van der Waals surface area contributed by atoms with Crippen LogP contribution in [0.2, 0.25) is 0 Å². The van der Waals surface area contributed by atoms with Crippen molar-refractivity contribution >= 4 is 22.8 Å². The van der Waals surface area contributed by atoms with E-state index in [1.54, 1.807) is 11.6 Å². The minimum absolute atomic E-state index is 0.0149. The Morgan fingerprint density at radius 3 is 2.41 bits per heavy atom. The SMILES string of the molecule is CC(C)OC[C@@H](O)Cn1c(N2CCN(c3ccccc3)CC2)nc2c1c(=O)[nH]c(=O)n2C. The first-order valence-corrected chi connectivity index (χ1v) is 10.9. The summed E-state index contributed by atoms with van der Waals surface area (Å²) in [5.74, 6) is 0.572. The third kappa shape index (κ3) is 4.42. The fourth-order valence-corrected chi connectivity index (χ4v) is 4.01. The zero-order chi connectivity index (χ0) is 22.8. The highest BCUT2D eigenvalue weighted by atomic mass is 16.5. The van der Waals surface area contributed by atoms with Crippen molar-refractivity contribution in [3.05, 3.63) is 51.2 Å². The van der Waals surface area contributed by atoms with Gasteiger partial charge in [0.2, 0.25) is 5.95 Å². The van der Waals surface area contributed by atoms with Crippen LogP contribution in [-0.4, -0.2) is 69.2 Å². The number of para-hydroxylation sites is 1. The molecule has 10 heteroatoms. The van der Waals surface area contributed by atoms with E-state index in [4.69, 9.17) is 4.74 Å². The maximum atomic E-state index is 12.7. The van der Waals surface area contributed by atoms with Gasteiger partial charge in [0.05, 0.1) is 25.4 Å².